The summed E-state index contributed by atoms with van der Waals surface area (Å²) in [6.45, 7) is 3.90. The summed E-state index contributed by atoms with van der Waals surface area (Å²) >= 11 is 1.28. The van der Waals surface area contributed by atoms with Crippen LogP contribution < -0.4 is 14.9 Å². The molecule has 1 saturated heterocycles. The van der Waals surface area contributed by atoms with Crippen LogP contribution in [-0.2, 0) is 4.79 Å². The molecule has 1 fully saturated rings. The Hall–Kier alpha value is -3.75. The fraction of sp³-hybridized carbons (Fsp3) is 0.214. The second kappa shape index (κ2) is 10.5. The highest BCUT2D eigenvalue weighted by Crippen LogP contribution is 2.35. The van der Waals surface area contributed by atoms with Crippen LogP contribution in [0, 0.1) is 6.92 Å². The van der Waals surface area contributed by atoms with E-state index in [-0.39, 0.29) is 12.5 Å². The van der Waals surface area contributed by atoms with Gasteiger partial charge in [-0.3, -0.25) is 9.59 Å². The van der Waals surface area contributed by atoms with Crippen molar-refractivity contribution < 1.29 is 19.1 Å². The number of rotatable bonds is 8. The molecule has 0 aliphatic carbocycles. The standard InChI is InChI=1S/C28H27N3O4S/c1-18-26-23(31-15-2-3-16-31)5-4-6-24(26)35-27(18)28(34)30-21-11-7-19(8-12-21)20-9-13-22(14-10-20)36-29-17-25(32)33/h4-14,29H,2-3,15-17H2,1H3,(H,30,34)(H,32,33). The SMILES string of the molecule is Cc1c(C(=O)Nc2ccc(-c3ccc(SNCC(=O)O)cc3)cc2)oc2cccc(N3CCCC3)c12. The van der Waals surface area contributed by atoms with E-state index in [0.717, 1.165) is 51.3 Å². The molecule has 1 amide bonds. The van der Waals surface area contributed by atoms with E-state index in [1.54, 1.807) is 0 Å². The van der Waals surface area contributed by atoms with Gasteiger partial charge in [0.1, 0.15) is 12.1 Å². The van der Waals surface area contributed by atoms with Crippen molar-refractivity contribution in [3.8, 4) is 11.1 Å². The summed E-state index contributed by atoms with van der Waals surface area (Å²) < 4.78 is 8.80. The van der Waals surface area contributed by atoms with Crippen LogP contribution in [0.2, 0.25) is 0 Å². The molecule has 7 nitrogen and oxygen atoms in total. The zero-order valence-corrected chi connectivity index (χ0v) is 20.7. The summed E-state index contributed by atoms with van der Waals surface area (Å²) in [7, 11) is 0. The number of anilines is 2. The van der Waals surface area contributed by atoms with Crippen molar-refractivity contribution in [3.05, 3.63) is 78.1 Å². The van der Waals surface area contributed by atoms with Gasteiger partial charge in [-0.15, -0.1) is 0 Å². The Labute approximate surface area is 213 Å². The number of fused-ring (bicyclic) bond motifs is 1. The smallest absolute Gasteiger partial charge is 0.318 e. The lowest BCUT2D eigenvalue weighted by Crippen LogP contribution is -2.17. The Morgan fingerprint density at radius 3 is 2.31 bits per heavy atom. The van der Waals surface area contributed by atoms with Crippen molar-refractivity contribution in [2.24, 2.45) is 0 Å². The van der Waals surface area contributed by atoms with Crippen LogP contribution in [0.4, 0.5) is 11.4 Å². The number of aliphatic carboxylic acids is 1. The topological polar surface area (TPSA) is 94.8 Å². The number of hydrogen-bond donors (Lipinski definition) is 3. The number of furan rings is 1. The van der Waals surface area contributed by atoms with Gasteiger partial charge < -0.3 is 19.7 Å². The third-order valence-corrected chi connectivity index (χ3v) is 7.13. The number of benzene rings is 3. The van der Waals surface area contributed by atoms with Gasteiger partial charge in [0.2, 0.25) is 0 Å². The van der Waals surface area contributed by atoms with Crippen LogP contribution in [-0.4, -0.2) is 36.6 Å². The maximum atomic E-state index is 13.1. The number of carboxylic acids is 1. The number of carbonyl (C=O) groups excluding carboxylic acids is 1. The predicted octanol–water partition coefficient (Wildman–Crippen LogP) is 5.94. The Bertz CT molecular complexity index is 1390. The highest BCUT2D eigenvalue weighted by molar-refractivity contribution is 7.97. The molecule has 1 aliphatic heterocycles. The van der Waals surface area contributed by atoms with Crippen LogP contribution in [0.5, 0.6) is 0 Å². The molecule has 184 valence electrons. The lowest BCUT2D eigenvalue weighted by Gasteiger charge is -2.18. The molecule has 5 rings (SSSR count). The van der Waals surface area contributed by atoms with Crippen molar-refractivity contribution in [1.82, 2.24) is 4.72 Å². The number of hydrogen-bond acceptors (Lipinski definition) is 6. The number of nitrogens with zero attached hydrogens (tertiary/aromatic N) is 1. The monoisotopic (exact) mass is 501 g/mol. The van der Waals surface area contributed by atoms with Crippen molar-refractivity contribution in [1.29, 1.82) is 0 Å². The average Bonchev–Trinajstić information content (AvgIpc) is 3.53. The van der Waals surface area contributed by atoms with E-state index in [0.29, 0.717) is 11.4 Å². The first-order valence-electron chi connectivity index (χ1n) is 11.9. The maximum Gasteiger partial charge on any atom is 0.318 e. The molecule has 0 bridgehead atoms. The van der Waals surface area contributed by atoms with Crippen molar-refractivity contribution in [2.45, 2.75) is 24.7 Å². The fourth-order valence-electron chi connectivity index (χ4n) is 4.55. The summed E-state index contributed by atoms with van der Waals surface area (Å²) in [5, 5.41) is 12.7. The number of carbonyl (C=O) groups is 2. The molecule has 3 aromatic carbocycles. The third kappa shape index (κ3) is 5.10. The lowest BCUT2D eigenvalue weighted by atomic mass is 10.1. The van der Waals surface area contributed by atoms with Crippen molar-refractivity contribution >= 4 is 46.2 Å². The molecule has 2 heterocycles. The Morgan fingerprint density at radius 2 is 1.64 bits per heavy atom. The van der Waals surface area contributed by atoms with Gasteiger partial charge in [-0.2, -0.15) is 0 Å². The zero-order chi connectivity index (χ0) is 25.1. The van der Waals surface area contributed by atoms with Crippen LogP contribution in [0.25, 0.3) is 22.1 Å². The number of aryl methyl sites for hydroxylation is 1. The van der Waals surface area contributed by atoms with Crippen LogP contribution in [0.3, 0.4) is 0 Å². The molecule has 4 aromatic rings. The molecule has 0 spiro atoms. The number of amides is 1. The molecule has 3 N–H and O–H groups in total. The molecular weight excluding hydrogens is 474 g/mol. The number of carboxylic acid groups (broad SMARTS) is 1. The lowest BCUT2D eigenvalue weighted by molar-refractivity contribution is -0.135. The minimum Gasteiger partial charge on any atom is -0.480 e. The molecule has 1 aromatic heterocycles. The van der Waals surface area contributed by atoms with E-state index < -0.39 is 5.97 Å². The Balaban J connectivity index is 1.28. The van der Waals surface area contributed by atoms with E-state index in [2.05, 4.69) is 21.0 Å². The summed E-state index contributed by atoms with van der Waals surface area (Å²) in [6, 6.07) is 21.5. The molecule has 1 aliphatic rings. The second-order valence-electron chi connectivity index (χ2n) is 8.77. The first-order valence-corrected chi connectivity index (χ1v) is 12.7. The van der Waals surface area contributed by atoms with Crippen molar-refractivity contribution in [3.63, 3.8) is 0 Å². The highest BCUT2D eigenvalue weighted by atomic mass is 32.2. The average molecular weight is 502 g/mol. The van der Waals surface area contributed by atoms with Crippen LogP contribution >= 0.6 is 11.9 Å². The molecule has 0 radical (unpaired) electrons. The zero-order valence-electron chi connectivity index (χ0n) is 19.9. The van der Waals surface area contributed by atoms with Gasteiger partial charge in [0.15, 0.2) is 5.76 Å². The third-order valence-electron chi connectivity index (χ3n) is 6.33. The van der Waals surface area contributed by atoms with Crippen LogP contribution in [0.1, 0.15) is 29.0 Å². The van der Waals surface area contributed by atoms with E-state index in [1.807, 2.05) is 67.6 Å². The Kier molecular flexibility index (Phi) is 6.97. The van der Waals surface area contributed by atoms with Gasteiger partial charge in [0.25, 0.3) is 5.91 Å². The summed E-state index contributed by atoms with van der Waals surface area (Å²) in [6.07, 6.45) is 2.37. The quantitative estimate of drug-likeness (QED) is 0.257. The summed E-state index contributed by atoms with van der Waals surface area (Å²) in [5.41, 5.74) is 5.45. The minimum atomic E-state index is -0.895. The molecule has 0 unspecified atom stereocenters. The number of nitrogens with one attached hydrogen (secondary N) is 2. The molecule has 0 saturated carbocycles. The van der Waals surface area contributed by atoms with Gasteiger partial charge in [-0.1, -0.05) is 30.3 Å². The minimum absolute atomic E-state index is 0.104. The van der Waals surface area contributed by atoms with E-state index in [4.69, 9.17) is 9.52 Å². The second-order valence-corrected chi connectivity index (χ2v) is 9.74. The molecule has 8 heteroatoms. The molecule has 0 atom stereocenters. The summed E-state index contributed by atoms with van der Waals surface area (Å²) in [5.74, 6) is -0.821. The Morgan fingerprint density at radius 1 is 0.972 bits per heavy atom. The van der Waals surface area contributed by atoms with Gasteiger partial charge in [-0.05, 0) is 79.2 Å². The highest BCUT2D eigenvalue weighted by Gasteiger charge is 2.23. The van der Waals surface area contributed by atoms with Crippen molar-refractivity contribution in [2.75, 3.05) is 29.9 Å². The van der Waals surface area contributed by atoms with Gasteiger partial charge in [0.05, 0.1) is 0 Å². The van der Waals surface area contributed by atoms with Gasteiger partial charge >= 0.3 is 5.97 Å². The van der Waals surface area contributed by atoms with E-state index >= 15 is 0 Å². The summed E-state index contributed by atoms with van der Waals surface area (Å²) in [4.78, 5) is 27.0. The first-order chi connectivity index (χ1) is 17.5. The van der Waals surface area contributed by atoms with Crippen LogP contribution in [0.15, 0.2) is 76.0 Å². The predicted molar refractivity (Wildman–Crippen MR) is 144 cm³/mol. The normalized spacial score (nSPS) is 13.3. The van der Waals surface area contributed by atoms with E-state index in [9.17, 15) is 9.59 Å². The largest absolute Gasteiger partial charge is 0.480 e. The fourth-order valence-corrected chi connectivity index (χ4v) is 5.18. The van der Waals surface area contributed by atoms with E-state index in [1.165, 1.54) is 24.8 Å². The maximum absolute atomic E-state index is 13.1. The van der Waals surface area contributed by atoms with Gasteiger partial charge in [0, 0.05) is 40.3 Å². The van der Waals surface area contributed by atoms with Gasteiger partial charge in [-0.25, -0.2) is 4.72 Å². The first kappa shape index (κ1) is 24.0. The molecule has 36 heavy (non-hydrogen) atoms. The molecular formula is C28H27N3O4S.